The van der Waals surface area contributed by atoms with Crippen LogP contribution in [0.15, 0.2) is 4.99 Å². The smallest absolute Gasteiger partial charge is 0.356 e. The van der Waals surface area contributed by atoms with Crippen LogP contribution in [-0.2, 0) is 0 Å². The molecule has 0 saturated heterocycles. The van der Waals surface area contributed by atoms with E-state index in [0.29, 0.717) is 5.96 Å². The van der Waals surface area contributed by atoms with Crippen LogP contribution in [0, 0.1) is 0 Å². The molecule has 110 valence electrons. The van der Waals surface area contributed by atoms with Crippen LogP contribution in [0.4, 0.5) is 13.2 Å². The first-order valence-electron chi connectivity index (χ1n) is 5.50. The molecule has 0 aromatic carbocycles. The molecule has 0 rings (SSSR count). The van der Waals surface area contributed by atoms with Crippen molar-refractivity contribution < 1.29 is 13.2 Å². The Bertz CT molecular complexity index is 225. The van der Waals surface area contributed by atoms with Gasteiger partial charge in [0.05, 0.1) is 6.42 Å². The Balaban J connectivity index is 0. The van der Waals surface area contributed by atoms with Gasteiger partial charge >= 0.3 is 6.18 Å². The third-order valence-corrected chi connectivity index (χ3v) is 2.69. The van der Waals surface area contributed by atoms with Crippen molar-refractivity contribution in [3.63, 3.8) is 0 Å². The lowest BCUT2D eigenvalue weighted by Gasteiger charge is -2.12. The van der Waals surface area contributed by atoms with Crippen LogP contribution in [-0.4, -0.2) is 44.3 Å². The number of nitrogens with zero attached hydrogens (tertiary/aromatic N) is 1. The van der Waals surface area contributed by atoms with Crippen LogP contribution in [0.2, 0.25) is 0 Å². The molecule has 0 unspecified atom stereocenters. The van der Waals surface area contributed by atoms with Gasteiger partial charge < -0.3 is 10.6 Å². The number of hydrogen-bond donors (Lipinski definition) is 2. The Labute approximate surface area is 128 Å². The van der Waals surface area contributed by atoms with Crippen LogP contribution in [0.25, 0.3) is 0 Å². The second-order valence-corrected chi connectivity index (χ2v) is 4.48. The summed E-state index contributed by atoms with van der Waals surface area (Å²) in [6.07, 6.45) is -0.843. The maximum absolute atomic E-state index is 11.9. The monoisotopic (exact) mass is 399 g/mol. The van der Waals surface area contributed by atoms with E-state index in [1.807, 2.05) is 6.26 Å². The van der Waals surface area contributed by atoms with Gasteiger partial charge in [0.25, 0.3) is 0 Å². The normalized spacial score (nSPS) is 11.9. The summed E-state index contributed by atoms with van der Waals surface area (Å²) in [7, 11) is 1.55. The van der Waals surface area contributed by atoms with Crippen LogP contribution in [0.3, 0.4) is 0 Å². The minimum Gasteiger partial charge on any atom is -0.356 e. The molecule has 0 aromatic heterocycles. The van der Waals surface area contributed by atoms with Crippen molar-refractivity contribution in [3.8, 4) is 0 Å². The summed E-state index contributed by atoms with van der Waals surface area (Å²) < 4.78 is 35.7. The van der Waals surface area contributed by atoms with Crippen molar-refractivity contribution in [3.05, 3.63) is 0 Å². The third kappa shape index (κ3) is 14.2. The van der Waals surface area contributed by atoms with E-state index in [1.54, 1.807) is 18.8 Å². The minimum absolute atomic E-state index is 0. The summed E-state index contributed by atoms with van der Waals surface area (Å²) in [5.41, 5.74) is 0. The van der Waals surface area contributed by atoms with Gasteiger partial charge in [0, 0.05) is 20.1 Å². The first-order chi connectivity index (χ1) is 7.99. The zero-order valence-corrected chi connectivity index (χ0v) is 13.8. The molecule has 0 heterocycles. The minimum atomic E-state index is -4.12. The number of alkyl halides is 3. The van der Waals surface area contributed by atoms with Crippen molar-refractivity contribution in [2.24, 2.45) is 4.99 Å². The van der Waals surface area contributed by atoms with E-state index in [1.165, 1.54) is 0 Å². The number of guanidine groups is 1. The van der Waals surface area contributed by atoms with Crippen molar-refractivity contribution in [1.82, 2.24) is 10.6 Å². The van der Waals surface area contributed by atoms with Gasteiger partial charge in [-0.1, -0.05) is 0 Å². The van der Waals surface area contributed by atoms with Crippen molar-refractivity contribution in [2.45, 2.75) is 25.4 Å². The molecule has 0 radical (unpaired) electrons. The highest BCUT2D eigenvalue weighted by Gasteiger charge is 2.26. The van der Waals surface area contributed by atoms with Gasteiger partial charge in [0.1, 0.15) is 0 Å². The highest BCUT2D eigenvalue weighted by atomic mass is 127. The molecule has 0 bridgehead atoms. The van der Waals surface area contributed by atoms with E-state index in [4.69, 9.17) is 0 Å². The number of unbranched alkanes of at least 4 members (excludes halogenated alkanes) is 1. The summed E-state index contributed by atoms with van der Waals surface area (Å²) in [5, 5.41) is 5.61. The van der Waals surface area contributed by atoms with E-state index >= 15 is 0 Å². The molecular formula is C10H21F3IN3S. The molecular weight excluding hydrogens is 378 g/mol. The van der Waals surface area contributed by atoms with E-state index in [0.717, 1.165) is 25.1 Å². The molecule has 0 fully saturated rings. The number of halogens is 4. The largest absolute Gasteiger partial charge is 0.390 e. The Kier molecular flexibility index (Phi) is 13.9. The Morgan fingerprint density at radius 1 is 1.17 bits per heavy atom. The topological polar surface area (TPSA) is 36.4 Å². The fraction of sp³-hybridized carbons (Fsp3) is 0.900. The van der Waals surface area contributed by atoms with E-state index in [2.05, 4.69) is 15.6 Å². The number of rotatable bonds is 7. The van der Waals surface area contributed by atoms with E-state index < -0.39 is 12.6 Å². The highest BCUT2D eigenvalue weighted by molar-refractivity contribution is 14.0. The standard InChI is InChI=1S/C10H20F3N3S.HI/c1-14-9(15-6-3-4-8-17-2)16-7-5-10(11,12)13;/h3-8H2,1-2H3,(H2,14,15,16);1H. The quantitative estimate of drug-likeness (QED) is 0.299. The summed E-state index contributed by atoms with van der Waals surface area (Å²) in [4.78, 5) is 3.85. The first kappa shape index (κ1) is 20.5. The molecule has 0 amide bonds. The fourth-order valence-electron chi connectivity index (χ4n) is 1.12. The molecule has 0 aliphatic heterocycles. The van der Waals surface area contributed by atoms with Gasteiger partial charge in [-0.15, -0.1) is 24.0 Å². The second-order valence-electron chi connectivity index (χ2n) is 3.49. The summed E-state index contributed by atoms with van der Waals surface area (Å²) in [5.74, 6) is 1.53. The second kappa shape index (κ2) is 12.2. The van der Waals surface area contributed by atoms with Crippen LogP contribution < -0.4 is 10.6 Å². The SMILES string of the molecule is CN=C(NCCCCSC)NCCC(F)(F)F.I. The maximum Gasteiger partial charge on any atom is 0.390 e. The number of thioether (sulfide) groups is 1. The van der Waals surface area contributed by atoms with E-state index in [9.17, 15) is 13.2 Å². The molecule has 0 spiro atoms. The average Bonchev–Trinajstić information content (AvgIpc) is 2.25. The molecule has 18 heavy (non-hydrogen) atoms. The predicted molar refractivity (Wildman–Crippen MR) is 83.1 cm³/mol. The van der Waals surface area contributed by atoms with Gasteiger partial charge in [-0.05, 0) is 24.9 Å². The molecule has 3 nitrogen and oxygen atoms in total. The molecule has 0 saturated carbocycles. The Morgan fingerprint density at radius 2 is 1.78 bits per heavy atom. The zero-order chi connectivity index (χ0) is 13.1. The molecule has 0 atom stereocenters. The van der Waals surface area contributed by atoms with Crippen LogP contribution >= 0.6 is 35.7 Å². The maximum atomic E-state index is 11.9. The van der Waals surface area contributed by atoms with Crippen molar-refractivity contribution >= 4 is 41.7 Å². The zero-order valence-electron chi connectivity index (χ0n) is 10.6. The van der Waals surface area contributed by atoms with E-state index in [-0.39, 0.29) is 30.5 Å². The molecule has 0 aromatic rings. The molecule has 0 aliphatic carbocycles. The summed E-state index contributed by atoms with van der Waals surface area (Å²) in [6.45, 7) is 0.584. The molecule has 0 aliphatic rings. The van der Waals surface area contributed by atoms with Crippen molar-refractivity contribution in [2.75, 3.05) is 32.1 Å². The van der Waals surface area contributed by atoms with Gasteiger partial charge in [-0.2, -0.15) is 24.9 Å². The Morgan fingerprint density at radius 3 is 2.28 bits per heavy atom. The van der Waals surface area contributed by atoms with Crippen LogP contribution in [0.1, 0.15) is 19.3 Å². The summed E-state index contributed by atoms with van der Waals surface area (Å²) in [6, 6.07) is 0. The highest BCUT2D eigenvalue weighted by Crippen LogP contribution is 2.17. The number of aliphatic imine (C=N–C) groups is 1. The van der Waals surface area contributed by atoms with Gasteiger partial charge in [-0.25, -0.2) is 0 Å². The fourth-order valence-corrected chi connectivity index (χ4v) is 1.61. The lowest BCUT2D eigenvalue weighted by Crippen LogP contribution is -2.39. The Hall–Kier alpha value is 0.140. The average molecular weight is 399 g/mol. The molecule has 8 heteroatoms. The number of hydrogen-bond acceptors (Lipinski definition) is 2. The van der Waals surface area contributed by atoms with Gasteiger partial charge in [0.2, 0.25) is 0 Å². The lowest BCUT2D eigenvalue weighted by atomic mass is 10.3. The third-order valence-electron chi connectivity index (χ3n) is 1.99. The van der Waals surface area contributed by atoms with Crippen molar-refractivity contribution in [1.29, 1.82) is 0 Å². The van der Waals surface area contributed by atoms with Crippen LogP contribution in [0.5, 0.6) is 0 Å². The van der Waals surface area contributed by atoms with Gasteiger partial charge in [-0.3, -0.25) is 4.99 Å². The van der Waals surface area contributed by atoms with Gasteiger partial charge in [0.15, 0.2) is 5.96 Å². The predicted octanol–water partition coefficient (Wildman–Crippen LogP) is 2.87. The lowest BCUT2D eigenvalue weighted by molar-refractivity contribution is -0.132. The molecule has 2 N–H and O–H groups in total. The first-order valence-corrected chi connectivity index (χ1v) is 6.89. The summed E-state index contributed by atoms with van der Waals surface area (Å²) >= 11 is 1.78. The number of nitrogens with one attached hydrogen (secondary N) is 2.